The second-order valence-corrected chi connectivity index (χ2v) is 11.9. The molecule has 0 radical (unpaired) electrons. The Kier molecular flexibility index (Phi) is 9.62. The van der Waals surface area contributed by atoms with Gasteiger partial charge in [0.25, 0.3) is 11.8 Å². The highest BCUT2D eigenvalue weighted by Gasteiger charge is 2.32. The maximum absolute atomic E-state index is 13.9. The zero-order chi connectivity index (χ0) is 31.5. The first-order chi connectivity index (χ1) is 20.3. The molecule has 1 amide bonds. The number of carboxylic acid groups (broad SMARTS) is 1. The van der Waals surface area contributed by atoms with Crippen LogP contribution in [0.25, 0.3) is 0 Å². The van der Waals surface area contributed by atoms with Crippen LogP contribution in [0.5, 0.6) is 23.1 Å². The van der Waals surface area contributed by atoms with Gasteiger partial charge in [-0.15, -0.1) is 0 Å². The van der Waals surface area contributed by atoms with Crippen LogP contribution in [-0.2, 0) is 16.4 Å². The lowest BCUT2D eigenvalue weighted by atomic mass is 10.0. The summed E-state index contributed by atoms with van der Waals surface area (Å²) in [5.41, 5.74) is 0.420. The van der Waals surface area contributed by atoms with Crippen molar-refractivity contribution >= 4 is 16.1 Å². The number of aromatic nitrogens is 1. The van der Waals surface area contributed by atoms with Crippen LogP contribution in [0.3, 0.4) is 0 Å². The van der Waals surface area contributed by atoms with Gasteiger partial charge in [-0.3, -0.25) is 0 Å². The van der Waals surface area contributed by atoms with Gasteiger partial charge >= 0.3 is 6.09 Å². The molecule has 0 aliphatic carbocycles. The van der Waals surface area contributed by atoms with Gasteiger partial charge in [-0.1, -0.05) is 26.0 Å². The van der Waals surface area contributed by atoms with Crippen molar-refractivity contribution in [3.8, 4) is 23.1 Å². The predicted molar refractivity (Wildman–Crippen MR) is 141 cm³/mol. The second kappa shape index (κ2) is 13.0. The van der Waals surface area contributed by atoms with Crippen molar-refractivity contribution in [3.05, 3.63) is 71.4 Å². The molecule has 0 fully saturated rings. The zero-order valence-electron chi connectivity index (χ0n) is 22.8. The van der Waals surface area contributed by atoms with E-state index in [9.17, 15) is 41.0 Å². The van der Waals surface area contributed by atoms with Crippen LogP contribution in [0, 0.1) is 29.3 Å². The number of benzene rings is 2. The first kappa shape index (κ1) is 31.8. The number of pyridine rings is 1. The second-order valence-electron chi connectivity index (χ2n) is 9.95. The first-order valence-electron chi connectivity index (χ1n) is 12.8. The van der Waals surface area contributed by atoms with Crippen LogP contribution in [0.15, 0.2) is 47.4 Å². The number of sulfonamides is 1. The van der Waals surface area contributed by atoms with Crippen molar-refractivity contribution in [2.75, 3.05) is 19.9 Å². The molecule has 2 aromatic carbocycles. The SMILES string of the molecule is CC(C)CN(C[C@H](O)[C@H](Cc1ccc(Oc2nc(F)c(F)c(F)c2F)cc1)NC(=O)O)S(=O)(=O)c1ccc2c(c1)OCO2. The van der Waals surface area contributed by atoms with E-state index in [0.29, 0.717) is 11.3 Å². The van der Waals surface area contributed by atoms with Gasteiger partial charge in [-0.05, 0) is 42.2 Å². The smallest absolute Gasteiger partial charge is 0.404 e. The molecule has 3 N–H and O–H groups in total. The Bertz CT molecular complexity index is 1590. The molecule has 4 rings (SSSR count). The van der Waals surface area contributed by atoms with E-state index in [-0.39, 0.29) is 42.1 Å². The third kappa shape index (κ3) is 7.44. The molecule has 1 aliphatic heterocycles. The van der Waals surface area contributed by atoms with E-state index in [2.05, 4.69) is 10.3 Å². The molecule has 3 aromatic rings. The molecule has 0 saturated heterocycles. The number of fused-ring (bicyclic) bond motifs is 1. The molecule has 2 heterocycles. The Morgan fingerprint density at radius 1 is 1.02 bits per heavy atom. The Morgan fingerprint density at radius 2 is 1.70 bits per heavy atom. The third-order valence-electron chi connectivity index (χ3n) is 6.26. The minimum atomic E-state index is -4.16. The summed E-state index contributed by atoms with van der Waals surface area (Å²) in [5, 5.41) is 22.6. The fraction of sp³-hybridized carbons (Fsp3) is 0.333. The average Bonchev–Trinajstić information content (AvgIpc) is 3.42. The standard InChI is InChI=1S/C27H27F4N3O8S/c1-14(2)11-34(43(38,39)17-7-8-20-21(10-17)41-13-40-20)12-19(35)18(32-27(36)37)9-15-3-5-16(6-4-15)42-26-24(30)22(28)23(29)25(31)33-26/h3-8,10,14,18-19,32,35H,9,11-13H2,1-2H3,(H,36,37)/t18-,19-/m0/s1. The summed E-state index contributed by atoms with van der Waals surface area (Å²) in [7, 11) is -4.16. The van der Waals surface area contributed by atoms with Crippen molar-refractivity contribution < 1.29 is 55.2 Å². The largest absolute Gasteiger partial charge is 0.465 e. The highest BCUT2D eigenvalue weighted by Crippen LogP contribution is 2.35. The lowest BCUT2D eigenvalue weighted by Gasteiger charge is -2.30. The number of hydrogen-bond acceptors (Lipinski definition) is 8. The van der Waals surface area contributed by atoms with Gasteiger partial charge in [0.15, 0.2) is 11.5 Å². The van der Waals surface area contributed by atoms with Gasteiger partial charge < -0.3 is 29.7 Å². The van der Waals surface area contributed by atoms with Crippen molar-refractivity contribution in [2.24, 2.45) is 5.92 Å². The highest BCUT2D eigenvalue weighted by atomic mass is 32.2. The number of nitrogens with zero attached hydrogens (tertiary/aromatic N) is 2. The summed E-state index contributed by atoms with van der Waals surface area (Å²) in [6, 6.07) is 8.19. The molecule has 43 heavy (non-hydrogen) atoms. The van der Waals surface area contributed by atoms with Gasteiger partial charge in [-0.2, -0.15) is 22.5 Å². The molecular formula is C27H27F4N3O8S. The number of amides is 1. The minimum absolute atomic E-state index is 0.00876. The fourth-order valence-electron chi connectivity index (χ4n) is 4.24. The topological polar surface area (TPSA) is 148 Å². The van der Waals surface area contributed by atoms with Crippen LogP contribution in [0.4, 0.5) is 22.4 Å². The molecule has 16 heteroatoms. The first-order valence-corrected chi connectivity index (χ1v) is 14.2. The van der Waals surface area contributed by atoms with Crippen molar-refractivity contribution in [3.63, 3.8) is 0 Å². The Balaban J connectivity index is 1.51. The number of ether oxygens (including phenoxy) is 3. The number of halogens is 4. The summed E-state index contributed by atoms with van der Waals surface area (Å²) >= 11 is 0. The molecule has 0 unspecified atom stereocenters. The van der Waals surface area contributed by atoms with E-state index in [1.165, 1.54) is 42.5 Å². The van der Waals surface area contributed by atoms with E-state index in [0.717, 1.165) is 4.31 Å². The summed E-state index contributed by atoms with van der Waals surface area (Å²) < 4.78 is 97.6. The summed E-state index contributed by atoms with van der Waals surface area (Å²) in [4.78, 5) is 14.3. The molecule has 0 spiro atoms. The number of nitrogens with one attached hydrogen (secondary N) is 1. The summed E-state index contributed by atoms with van der Waals surface area (Å²) in [6.07, 6.45) is -3.11. The lowest BCUT2D eigenvalue weighted by molar-refractivity contribution is 0.0980. The number of aliphatic hydroxyl groups excluding tert-OH is 1. The Morgan fingerprint density at radius 3 is 2.35 bits per heavy atom. The molecule has 1 aliphatic rings. The van der Waals surface area contributed by atoms with Gasteiger partial charge in [0, 0.05) is 19.2 Å². The Labute approximate surface area is 243 Å². The normalized spacial score (nSPS) is 14.2. The van der Waals surface area contributed by atoms with E-state index >= 15 is 0 Å². The number of rotatable bonds is 12. The molecule has 1 aromatic heterocycles. The molecule has 0 saturated carbocycles. The molecule has 11 nitrogen and oxygen atoms in total. The number of hydrogen-bond donors (Lipinski definition) is 3. The molecule has 0 bridgehead atoms. The van der Waals surface area contributed by atoms with E-state index in [4.69, 9.17) is 14.2 Å². The van der Waals surface area contributed by atoms with Crippen LogP contribution >= 0.6 is 0 Å². The van der Waals surface area contributed by atoms with Crippen molar-refractivity contribution in [1.29, 1.82) is 0 Å². The van der Waals surface area contributed by atoms with E-state index < -0.39 is 64.1 Å². The van der Waals surface area contributed by atoms with Gasteiger partial charge in [0.2, 0.25) is 34.3 Å². The van der Waals surface area contributed by atoms with Crippen molar-refractivity contribution in [2.45, 2.75) is 37.3 Å². The lowest BCUT2D eigenvalue weighted by Crippen LogP contribution is -2.50. The van der Waals surface area contributed by atoms with Crippen LogP contribution in [0.2, 0.25) is 0 Å². The molecular weight excluding hydrogens is 602 g/mol. The zero-order valence-corrected chi connectivity index (χ0v) is 23.6. The number of carbonyl (C=O) groups is 1. The van der Waals surface area contributed by atoms with Gasteiger partial charge in [-0.25, -0.2) is 17.6 Å². The fourth-order valence-corrected chi connectivity index (χ4v) is 5.87. The maximum Gasteiger partial charge on any atom is 0.404 e. The van der Waals surface area contributed by atoms with E-state index in [1.54, 1.807) is 13.8 Å². The highest BCUT2D eigenvalue weighted by molar-refractivity contribution is 7.89. The monoisotopic (exact) mass is 629 g/mol. The van der Waals surface area contributed by atoms with Gasteiger partial charge in [0.05, 0.1) is 17.0 Å². The van der Waals surface area contributed by atoms with Crippen LogP contribution < -0.4 is 19.5 Å². The molecule has 232 valence electrons. The average molecular weight is 630 g/mol. The predicted octanol–water partition coefficient (Wildman–Crippen LogP) is 4.05. The van der Waals surface area contributed by atoms with E-state index in [1.807, 2.05) is 0 Å². The number of aliphatic hydroxyl groups is 1. The van der Waals surface area contributed by atoms with Crippen molar-refractivity contribution in [1.82, 2.24) is 14.6 Å². The minimum Gasteiger partial charge on any atom is -0.465 e. The third-order valence-corrected chi connectivity index (χ3v) is 8.09. The summed E-state index contributed by atoms with van der Waals surface area (Å²) in [6.45, 7) is 3.05. The molecule has 2 atom stereocenters. The van der Waals surface area contributed by atoms with Crippen LogP contribution in [-0.4, -0.2) is 66.0 Å². The Hall–Kier alpha value is -4.15. The maximum atomic E-state index is 13.9. The van der Waals surface area contributed by atoms with Gasteiger partial charge in [0.1, 0.15) is 5.75 Å². The van der Waals surface area contributed by atoms with Crippen LogP contribution in [0.1, 0.15) is 19.4 Å². The summed E-state index contributed by atoms with van der Waals surface area (Å²) in [5.74, 6) is -8.72. The quantitative estimate of drug-likeness (QED) is 0.199.